The summed E-state index contributed by atoms with van der Waals surface area (Å²) >= 11 is 11.0. The smallest absolute Gasteiger partial charge is 0.215 e. The fraction of sp³-hybridized carbons (Fsp3) is 0.286. The summed E-state index contributed by atoms with van der Waals surface area (Å²) in [6.45, 7) is 3.36. The second kappa shape index (κ2) is 4.53. The molecule has 0 fully saturated rings. The monoisotopic (exact) mass is 178 g/mol. The third kappa shape index (κ3) is 2.54. The number of halogens is 2. The SMILES string of the molecule is CC=C(Cl)C(=O)C(Cl)=CC. The van der Waals surface area contributed by atoms with Crippen molar-refractivity contribution in [2.75, 3.05) is 0 Å². The Morgan fingerprint density at radius 2 is 1.40 bits per heavy atom. The molecule has 0 N–H and O–H groups in total. The summed E-state index contributed by atoms with van der Waals surface area (Å²) < 4.78 is 0. The first-order valence-electron chi connectivity index (χ1n) is 2.81. The van der Waals surface area contributed by atoms with Crippen LogP contribution in [0.2, 0.25) is 0 Å². The lowest BCUT2D eigenvalue weighted by atomic mass is 10.3. The quantitative estimate of drug-likeness (QED) is 0.595. The molecule has 0 aliphatic heterocycles. The molecule has 0 rings (SSSR count). The van der Waals surface area contributed by atoms with Crippen LogP contribution in [0.15, 0.2) is 22.2 Å². The van der Waals surface area contributed by atoms with E-state index in [1.807, 2.05) is 0 Å². The van der Waals surface area contributed by atoms with Crippen LogP contribution in [0.25, 0.3) is 0 Å². The first-order chi connectivity index (χ1) is 4.63. The van der Waals surface area contributed by atoms with Crippen LogP contribution >= 0.6 is 23.2 Å². The van der Waals surface area contributed by atoms with E-state index in [0.29, 0.717) is 0 Å². The molecule has 0 atom stereocenters. The van der Waals surface area contributed by atoms with Gasteiger partial charge in [0.15, 0.2) is 0 Å². The molecule has 0 heterocycles. The predicted molar refractivity (Wildman–Crippen MR) is 44.2 cm³/mol. The van der Waals surface area contributed by atoms with E-state index in [9.17, 15) is 4.79 Å². The molecule has 0 saturated carbocycles. The summed E-state index contributed by atoms with van der Waals surface area (Å²) in [6.07, 6.45) is 3.02. The average Bonchev–Trinajstić information content (AvgIpc) is 2.00. The van der Waals surface area contributed by atoms with E-state index in [1.165, 1.54) is 12.2 Å². The van der Waals surface area contributed by atoms with Crippen molar-refractivity contribution < 1.29 is 4.79 Å². The highest BCUT2D eigenvalue weighted by Crippen LogP contribution is 2.12. The second-order valence-corrected chi connectivity index (χ2v) is 2.42. The van der Waals surface area contributed by atoms with Gasteiger partial charge in [-0.3, -0.25) is 4.79 Å². The Bertz CT molecular complexity index is 172. The molecule has 56 valence electrons. The molecule has 0 amide bonds. The summed E-state index contributed by atoms with van der Waals surface area (Å²) in [5.74, 6) is -0.326. The number of Topliss-reactive ketones (excluding diaryl/α,β-unsaturated/α-hetero) is 1. The van der Waals surface area contributed by atoms with Gasteiger partial charge >= 0.3 is 0 Å². The molecule has 0 aliphatic carbocycles. The van der Waals surface area contributed by atoms with Gasteiger partial charge in [0.2, 0.25) is 5.78 Å². The Balaban J connectivity index is 4.39. The van der Waals surface area contributed by atoms with Crippen molar-refractivity contribution in [3.05, 3.63) is 22.2 Å². The van der Waals surface area contributed by atoms with E-state index in [2.05, 4.69) is 0 Å². The van der Waals surface area contributed by atoms with Gasteiger partial charge in [-0.2, -0.15) is 0 Å². The minimum atomic E-state index is -0.326. The average molecular weight is 179 g/mol. The van der Waals surface area contributed by atoms with E-state index in [1.54, 1.807) is 13.8 Å². The topological polar surface area (TPSA) is 17.1 Å². The molecule has 0 bridgehead atoms. The number of carbonyl (C=O) groups excluding carboxylic acids is 1. The molecule has 10 heavy (non-hydrogen) atoms. The van der Waals surface area contributed by atoms with Crippen molar-refractivity contribution in [3.8, 4) is 0 Å². The number of rotatable bonds is 2. The highest BCUT2D eigenvalue weighted by Gasteiger charge is 2.07. The Labute approximate surface area is 70.3 Å². The number of hydrogen-bond donors (Lipinski definition) is 0. The van der Waals surface area contributed by atoms with Gasteiger partial charge in [0.1, 0.15) is 0 Å². The second-order valence-electron chi connectivity index (χ2n) is 1.60. The lowest BCUT2D eigenvalue weighted by Gasteiger charge is -1.92. The predicted octanol–water partition coefficient (Wildman–Crippen LogP) is 2.84. The van der Waals surface area contributed by atoms with Crippen molar-refractivity contribution in [2.24, 2.45) is 0 Å². The van der Waals surface area contributed by atoms with Crippen molar-refractivity contribution in [1.29, 1.82) is 0 Å². The van der Waals surface area contributed by atoms with Crippen LogP contribution in [-0.2, 0) is 4.79 Å². The van der Waals surface area contributed by atoms with Crippen LogP contribution in [0, 0.1) is 0 Å². The third-order valence-electron chi connectivity index (χ3n) is 0.941. The molecule has 1 nitrogen and oxygen atoms in total. The van der Waals surface area contributed by atoms with Gasteiger partial charge < -0.3 is 0 Å². The fourth-order valence-electron chi connectivity index (χ4n) is 0.376. The highest BCUT2D eigenvalue weighted by molar-refractivity contribution is 6.54. The molecule has 3 heteroatoms. The lowest BCUT2D eigenvalue weighted by Crippen LogP contribution is -1.96. The van der Waals surface area contributed by atoms with Crippen LogP contribution in [0.3, 0.4) is 0 Å². The van der Waals surface area contributed by atoms with Crippen molar-refractivity contribution >= 4 is 29.0 Å². The van der Waals surface area contributed by atoms with Crippen molar-refractivity contribution in [3.63, 3.8) is 0 Å². The molecule has 0 spiro atoms. The van der Waals surface area contributed by atoms with Gasteiger partial charge in [0.05, 0.1) is 10.1 Å². The van der Waals surface area contributed by atoms with Crippen LogP contribution in [0.4, 0.5) is 0 Å². The summed E-state index contributed by atoms with van der Waals surface area (Å²) in [7, 11) is 0. The molecule has 0 saturated heterocycles. The van der Waals surface area contributed by atoms with E-state index in [4.69, 9.17) is 23.2 Å². The zero-order chi connectivity index (χ0) is 8.15. The van der Waals surface area contributed by atoms with E-state index < -0.39 is 0 Å². The summed E-state index contributed by atoms with van der Waals surface area (Å²) in [5, 5.41) is 0.311. The minimum Gasteiger partial charge on any atom is -0.287 e. The van der Waals surface area contributed by atoms with Gasteiger partial charge in [0, 0.05) is 0 Å². The van der Waals surface area contributed by atoms with E-state index >= 15 is 0 Å². The van der Waals surface area contributed by atoms with E-state index in [0.717, 1.165) is 0 Å². The normalized spacial score (nSPS) is 13.6. The van der Waals surface area contributed by atoms with Crippen LogP contribution in [0.1, 0.15) is 13.8 Å². The van der Waals surface area contributed by atoms with Gasteiger partial charge in [-0.05, 0) is 13.8 Å². The molecule has 0 aromatic carbocycles. The Morgan fingerprint density at radius 3 is 1.60 bits per heavy atom. The molecule has 0 aromatic rings. The zero-order valence-corrected chi connectivity index (χ0v) is 7.33. The molecule has 0 aliphatic rings. The summed E-state index contributed by atoms with van der Waals surface area (Å²) in [4.78, 5) is 10.9. The van der Waals surface area contributed by atoms with Crippen molar-refractivity contribution in [2.45, 2.75) is 13.8 Å². The molecule has 0 aromatic heterocycles. The molecule has 0 unspecified atom stereocenters. The number of ketones is 1. The van der Waals surface area contributed by atoms with Gasteiger partial charge in [-0.25, -0.2) is 0 Å². The largest absolute Gasteiger partial charge is 0.287 e. The Morgan fingerprint density at radius 1 is 1.10 bits per heavy atom. The van der Waals surface area contributed by atoms with Gasteiger partial charge in [0.25, 0.3) is 0 Å². The maximum Gasteiger partial charge on any atom is 0.215 e. The summed E-state index contributed by atoms with van der Waals surface area (Å²) in [6, 6.07) is 0. The third-order valence-corrected chi connectivity index (χ3v) is 1.72. The lowest BCUT2D eigenvalue weighted by molar-refractivity contribution is -0.111. The molecule has 0 radical (unpaired) electrons. The zero-order valence-electron chi connectivity index (χ0n) is 5.82. The van der Waals surface area contributed by atoms with Crippen molar-refractivity contribution in [1.82, 2.24) is 0 Å². The number of allylic oxidation sites excluding steroid dienone is 4. The first-order valence-corrected chi connectivity index (χ1v) is 3.57. The van der Waals surface area contributed by atoms with Crippen LogP contribution in [-0.4, -0.2) is 5.78 Å². The molecular weight excluding hydrogens is 171 g/mol. The van der Waals surface area contributed by atoms with Crippen LogP contribution < -0.4 is 0 Å². The van der Waals surface area contributed by atoms with Crippen LogP contribution in [0.5, 0.6) is 0 Å². The first kappa shape index (κ1) is 9.73. The minimum absolute atomic E-state index is 0.156. The Hall–Kier alpha value is -0.270. The number of carbonyl (C=O) groups is 1. The number of hydrogen-bond acceptors (Lipinski definition) is 1. The Kier molecular flexibility index (Phi) is 4.41. The maximum atomic E-state index is 10.9. The fourth-order valence-corrected chi connectivity index (χ4v) is 0.628. The van der Waals surface area contributed by atoms with Gasteiger partial charge in [-0.1, -0.05) is 35.4 Å². The standard InChI is InChI=1S/C7H8Cl2O/c1-3-5(8)7(10)6(9)4-2/h3-4H,1-2H3. The summed E-state index contributed by atoms with van der Waals surface area (Å²) in [5.41, 5.74) is 0. The van der Waals surface area contributed by atoms with E-state index in [-0.39, 0.29) is 15.8 Å². The highest BCUT2D eigenvalue weighted by atomic mass is 35.5. The maximum absolute atomic E-state index is 10.9. The molecular formula is C7H8Cl2O. The van der Waals surface area contributed by atoms with Gasteiger partial charge in [-0.15, -0.1) is 0 Å².